The third-order valence-electron chi connectivity index (χ3n) is 9.16. The molecular formula is C31H44F2O. The van der Waals surface area contributed by atoms with Gasteiger partial charge in [-0.05, 0) is 132 Å². The third kappa shape index (κ3) is 6.13. The third-order valence-corrected chi connectivity index (χ3v) is 9.16. The van der Waals surface area contributed by atoms with E-state index in [9.17, 15) is 8.78 Å². The maximum absolute atomic E-state index is 14.6. The SMILES string of the molecule is C/C=C/CCC1CCC(C2CCC(C3CC=C(c4ccc(OCC)c(F)c4F)CC3)CC2)CC1. The first-order valence-electron chi connectivity index (χ1n) is 14.0. The van der Waals surface area contributed by atoms with Gasteiger partial charge in [-0.15, -0.1) is 0 Å². The molecule has 0 bridgehead atoms. The second-order valence-electron chi connectivity index (χ2n) is 11.0. The van der Waals surface area contributed by atoms with E-state index in [0.29, 0.717) is 18.1 Å². The van der Waals surface area contributed by atoms with E-state index in [-0.39, 0.29) is 5.75 Å². The standard InChI is InChI=1S/C31H44F2O/c1-3-5-6-7-22-8-10-23(11-9-22)24-12-14-25(15-13-24)26-16-18-27(19-17-26)28-20-21-29(34-4-2)31(33)30(28)32/h3,5,18,20-26H,4,6-17,19H2,1-2H3/b5-3+. The molecule has 4 rings (SSSR count). The summed E-state index contributed by atoms with van der Waals surface area (Å²) in [5.41, 5.74) is 1.39. The lowest BCUT2D eigenvalue weighted by Crippen LogP contribution is -2.28. The summed E-state index contributed by atoms with van der Waals surface area (Å²) in [6.07, 6.45) is 23.7. The first kappa shape index (κ1) is 25.5. The fraction of sp³-hybridized carbons (Fsp3) is 0.677. The van der Waals surface area contributed by atoms with Gasteiger partial charge < -0.3 is 4.74 Å². The van der Waals surface area contributed by atoms with Gasteiger partial charge in [-0.3, -0.25) is 0 Å². The smallest absolute Gasteiger partial charge is 0.201 e. The van der Waals surface area contributed by atoms with Gasteiger partial charge in [-0.1, -0.05) is 31.1 Å². The van der Waals surface area contributed by atoms with Crippen LogP contribution in [0.4, 0.5) is 8.78 Å². The van der Waals surface area contributed by atoms with E-state index in [2.05, 4.69) is 25.2 Å². The van der Waals surface area contributed by atoms with Crippen LogP contribution in [0.5, 0.6) is 5.75 Å². The fourth-order valence-electron chi connectivity index (χ4n) is 7.11. The lowest BCUT2D eigenvalue weighted by atomic mass is 9.65. The molecule has 3 heteroatoms. The summed E-state index contributed by atoms with van der Waals surface area (Å²) < 4.78 is 34.2. The van der Waals surface area contributed by atoms with E-state index in [0.717, 1.165) is 48.5 Å². The number of hydrogen-bond donors (Lipinski definition) is 0. The molecule has 0 radical (unpaired) electrons. The van der Waals surface area contributed by atoms with Gasteiger partial charge in [0.15, 0.2) is 11.6 Å². The quantitative estimate of drug-likeness (QED) is 0.344. The number of benzene rings is 1. The average molecular weight is 471 g/mol. The molecule has 1 unspecified atom stereocenters. The largest absolute Gasteiger partial charge is 0.491 e. The highest BCUT2D eigenvalue weighted by atomic mass is 19.2. The van der Waals surface area contributed by atoms with Gasteiger partial charge in [0.1, 0.15) is 0 Å². The minimum Gasteiger partial charge on any atom is -0.491 e. The molecule has 0 saturated heterocycles. The van der Waals surface area contributed by atoms with Crippen molar-refractivity contribution in [2.75, 3.05) is 6.61 Å². The van der Waals surface area contributed by atoms with E-state index in [4.69, 9.17) is 4.74 Å². The summed E-state index contributed by atoms with van der Waals surface area (Å²) in [6.45, 7) is 4.24. The molecule has 0 aromatic heterocycles. The summed E-state index contributed by atoms with van der Waals surface area (Å²) in [4.78, 5) is 0. The van der Waals surface area contributed by atoms with Gasteiger partial charge in [0.05, 0.1) is 6.61 Å². The molecule has 3 aliphatic rings. The van der Waals surface area contributed by atoms with Crippen LogP contribution in [0, 0.1) is 41.2 Å². The Balaban J connectivity index is 1.24. The van der Waals surface area contributed by atoms with Crippen molar-refractivity contribution in [2.24, 2.45) is 29.6 Å². The van der Waals surface area contributed by atoms with Gasteiger partial charge in [-0.25, -0.2) is 4.39 Å². The summed E-state index contributed by atoms with van der Waals surface area (Å²) in [5, 5.41) is 0. The topological polar surface area (TPSA) is 9.23 Å². The van der Waals surface area contributed by atoms with Crippen LogP contribution in [0.3, 0.4) is 0 Å². The van der Waals surface area contributed by atoms with E-state index < -0.39 is 11.6 Å². The van der Waals surface area contributed by atoms with Crippen molar-refractivity contribution in [3.05, 3.63) is 47.6 Å². The van der Waals surface area contributed by atoms with Crippen molar-refractivity contribution < 1.29 is 13.5 Å². The molecular weight excluding hydrogens is 426 g/mol. The molecule has 2 fully saturated rings. The van der Waals surface area contributed by atoms with Gasteiger partial charge in [0, 0.05) is 5.56 Å². The highest BCUT2D eigenvalue weighted by Gasteiger charge is 2.34. The molecule has 1 nitrogen and oxygen atoms in total. The Bertz CT molecular complexity index is 841. The van der Waals surface area contributed by atoms with E-state index in [1.165, 1.54) is 64.2 Å². The highest BCUT2D eigenvalue weighted by Crippen LogP contribution is 2.46. The monoisotopic (exact) mass is 470 g/mol. The number of rotatable bonds is 8. The van der Waals surface area contributed by atoms with Crippen molar-refractivity contribution in [3.63, 3.8) is 0 Å². The Morgan fingerprint density at radius 2 is 1.50 bits per heavy atom. The Hall–Kier alpha value is -1.64. The molecule has 0 aliphatic heterocycles. The molecule has 1 aromatic carbocycles. The van der Waals surface area contributed by atoms with Crippen molar-refractivity contribution >= 4 is 5.57 Å². The average Bonchev–Trinajstić information content (AvgIpc) is 2.88. The molecule has 0 spiro atoms. The number of halogens is 2. The van der Waals surface area contributed by atoms with Crippen LogP contribution in [-0.4, -0.2) is 6.61 Å². The number of ether oxygens (including phenoxy) is 1. The summed E-state index contributed by atoms with van der Waals surface area (Å²) >= 11 is 0. The van der Waals surface area contributed by atoms with Crippen LogP contribution in [0.25, 0.3) is 5.57 Å². The second kappa shape index (κ2) is 12.4. The van der Waals surface area contributed by atoms with Crippen molar-refractivity contribution in [1.82, 2.24) is 0 Å². The zero-order valence-electron chi connectivity index (χ0n) is 21.3. The maximum atomic E-state index is 14.6. The maximum Gasteiger partial charge on any atom is 0.201 e. The lowest BCUT2D eigenvalue weighted by molar-refractivity contribution is 0.121. The van der Waals surface area contributed by atoms with Crippen molar-refractivity contribution in [1.29, 1.82) is 0 Å². The van der Waals surface area contributed by atoms with Crippen molar-refractivity contribution in [3.8, 4) is 5.75 Å². The lowest BCUT2D eigenvalue weighted by Gasteiger charge is -2.40. The normalized spacial score (nSPS) is 30.4. The predicted octanol–water partition coefficient (Wildman–Crippen LogP) is 9.52. The summed E-state index contributed by atoms with van der Waals surface area (Å²) in [6, 6.07) is 3.26. The molecule has 34 heavy (non-hydrogen) atoms. The zero-order valence-corrected chi connectivity index (χ0v) is 21.3. The molecule has 0 N–H and O–H groups in total. The van der Waals surface area contributed by atoms with Gasteiger partial charge in [0.25, 0.3) is 0 Å². The van der Waals surface area contributed by atoms with Crippen LogP contribution >= 0.6 is 0 Å². The molecule has 1 aromatic rings. The number of hydrogen-bond acceptors (Lipinski definition) is 1. The minimum atomic E-state index is -0.854. The highest BCUT2D eigenvalue weighted by molar-refractivity contribution is 5.67. The van der Waals surface area contributed by atoms with Gasteiger partial charge in [-0.2, -0.15) is 4.39 Å². The first-order valence-corrected chi connectivity index (χ1v) is 14.0. The Morgan fingerprint density at radius 3 is 2.09 bits per heavy atom. The van der Waals surface area contributed by atoms with Gasteiger partial charge >= 0.3 is 0 Å². The van der Waals surface area contributed by atoms with Crippen LogP contribution in [0.2, 0.25) is 0 Å². The molecule has 1 atom stereocenters. The summed E-state index contributed by atoms with van der Waals surface area (Å²) in [5.74, 6) is 2.80. The van der Waals surface area contributed by atoms with Crippen LogP contribution < -0.4 is 4.74 Å². The van der Waals surface area contributed by atoms with E-state index in [1.54, 1.807) is 19.1 Å². The van der Waals surface area contributed by atoms with E-state index >= 15 is 0 Å². The molecule has 0 amide bonds. The minimum absolute atomic E-state index is 0.0110. The van der Waals surface area contributed by atoms with E-state index in [1.807, 2.05) is 0 Å². The number of allylic oxidation sites excluding steroid dienone is 4. The second-order valence-corrected chi connectivity index (χ2v) is 11.0. The molecule has 3 aliphatic carbocycles. The predicted molar refractivity (Wildman–Crippen MR) is 138 cm³/mol. The Labute approximate surface area is 206 Å². The van der Waals surface area contributed by atoms with Crippen molar-refractivity contribution in [2.45, 2.75) is 97.3 Å². The van der Waals surface area contributed by atoms with Crippen LogP contribution in [0.1, 0.15) is 103 Å². The van der Waals surface area contributed by atoms with Crippen LogP contribution in [0.15, 0.2) is 30.4 Å². The molecule has 0 heterocycles. The molecule has 188 valence electrons. The Morgan fingerprint density at radius 1 is 0.853 bits per heavy atom. The zero-order chi connectivity index (χ0) is 23.9. The first-order chi connectivity index (χ1) is 16.6. The molecule has 2 saturated carbocycles. The van der Waals surface area contributed by atoms with Crippen LogP contribution in [-0.2, 0) is 0 Å². The fourth-order valence-corrected chi connectivity index (χ4v) is 7.11. The summed E-state index contributed by atoms with van der Waals surface area (Å²) in [7, 11) is 0. The van der Waals surface area contributed by atoms with Gasteiger partial charge in [0.2, 0.25) is 5.82 Å². The Kier molecular flexibility index (Phi) is 9.25.